The smallest absolute Gasteiger partial charge is 0.132 e. The monoisotopic (exact) mass is 285 g/mol. The highest BCUT2D eigenvalue weighted by atomic mass is 15.3. The van der Waals surface area contributed by atoms with Crippen LogP contribution in [0.5, 0.6) is 0 Å². The van der Waals surface area contributed by atoms with Crippen LogP contribution in [0.1, 0.15) is 62.0 Å². The molecule has 2 saturated carbocycles. The van der Waals surface area contributed by atoms with Crippen LogP contribution >= 0.6 is 0 Å². The van der Waals surface area contributed by atoms with E-state index in [9.17, 15) is 0 Å². The fourth-order valence-electron chi connectivity index (χ4n) is 3.58. The molecule has 112 valence electrons. The van der Waals surface area contributed by atoms with Gasteiger partial charge in [-0.05, 0) is 32.6 Å². The number of nitrogen functional groups attached to an aromatic ring is 1. The summed E-state index contributed by atoms with van der Waals surface area (Å²) in [6.07, 6.45) is 9.54. The molecule has 0 aromatic carbocycles. The Hall–Kier alpha value is -1.78. The largest absolute Gasteiger partial charge is 0.383 e. The molecule has 0 saturated heterocycles. The normalized spacial score (nSPS) is 19.5. The number of hydrogen-bond donors (Lipinski definition) is 1. The van der Waals surface area contributed by atoms with Gasteiger partial charge in [-0.1, -0.05) is 12.8 Å². The summed E-state index contributed by atoms with van der Waals surface area (Å²) in [4.78, 5) is 4.98. The highest BCUT2D eigenvalue weighted by Gasteiger charge is 2.34. The maximum Gasteiger partial charge on any atom is 0.132 e. The Morgan fingerprint density at radius 2 is 1.90 bits per heavy atom. The summed E-state index contributed by atoms with van der Waals surface area (Å²) >= 11 is 0. The van der Waals surface area contributed by atoms with Crippen molar-refractivity contribution in [2.45, 2.75) is 57.4 Å². The Bertz CT molecular complexity index is 671. The van der Waals surface area contributed by atoms with Crippen LogP contribution < -0.4 is 5.73 Å². The zero-order valence-corrected chi connectivity index (χ0v) is 12.8. The Morgan fingerprint density at radius 3 is 2.48 bits per heavy atom. The van der Waals surface area contributed by atoms with Crippen molar-refractivity contribution in [3.05, 3.63) is 17.7 Å². The van der Waals surface area contributed by atoms with Gasteiger partial charge >= 0.3 is 0 Å². The standard InChI is InChI=1S/C16H23N5/c1-10-13(9-18-20(10)2)14-15(17)21(12-7-8-12)16(19-14)11-5-3-4-6-11/h9,11-12H,3-8,17H2,1-2H3. The lowest BCUT2D eigenvalue weighted by Crippen LogP contribution is -2.08. The lowest BCUT2D eigenvalue weighted by molar-refractivity contribution is 0.596. The quantitative estimate of drug-likeness (QED) is 0.942. The molecule has 0 atom stereocenters. The molecule has 5 heteroatoms. The van der Waals surface area contributed by atoms with Gasteiger partial charge in [0.1, 0.15) is 17.3 Å². The summed E-state index contributed by atoms with van der Waals surface area (Å²) < 4.78 is 4.22. The maximum atomic E-state index is 6.49. The molecule has 2 heterocycles. The molecule has 0 unspecified atom stereocenters. The number of anilines is 1. The number of nitrogens with two attached hydrogens (primary N) is 1. The number of aryl methyl sites for hydroxylation is 1. The summed E-state index contributed by atoms with van der Waals surface area (Å²) in [5, 5.41) is 4.34. The van der Waals surface area contributed by atoms with E-state index in [1.807, 2.05) is 17.9 Å². The van der Waals surface area contributed by atoms with Crippen LogP contribution in [0.2, 0.25) is 0 Å². The fraction of sp³-hybridized carbons (Fsp3) is 0.625. The van der Waals surface area contributed by atoms with E-state index in [1.165, 1.54) is 44.3 Å². The fourth-order valence-corrected chi connectivity index (χ4v) is 3.58. The van der Waals surface area contributed by atoms with E-state index in [2.05, 4.69) is 16.6 Å². The molecule has 2 aliphatic rings. The van der Waals surface area contributed by atoms with E-state index in [4.69, 9.17) is 10.7 Å². The van der Waals surface area contributed by atoms with Crippen molar-refractivity contribution >= 4 is 5.82 Å². The van der Waals surface area contributed by atoms with Gasteiger partial charge in [-0.3, -0.25) is 4.68 Å². The molecule has 5 nitrogen and oxygen atoms in total. The van der Waals surface area contributed by atoms with Gasteiger partial charge < -0.3 is 10.3 Å². The van der Waals surface area contributed by atoms with Crippen molar-refractivity contribution in [3.8, 4) is 11.3 Å². The molecule has 21 heavy (non-hydrogen) atoms. The predicted molar refractivity (Wildman–Crippen MR) is 83.1 cm³/mol. The third kappa shape index (κ3) is 1.98. The molecule has 2 N–H and O–H groups in total. The van der Waals surface area contributed by atoms with E-state index in [-0.39, 0.29) is 0 Å². The van der Waals surface area contributed by atoms with Crippen LogP contribution in [0.25, 0.3) is 11.3 Å². The lowest BCUT2D eigenvalue weighted by atomic mass is 10.1. The van der Waals surface area contributed by atoms with E-state index >= 15 is 0 Å². The van der Waals surface area contributed by atoms with E-state index in [0.717, 1.165) is 22.8 Å². The van der Waals surface area contributed by atoms with Crippen molar-refractivity contribution in [1.82, 2.24) is 19.3 Å². The Kier molecular flexibility index (Phi) is 2.84. The Balaban J connectivity index is 1.84. The molecule has 0 amide bonds. The second kappa shape index (κ2) is 4.61. The number of imidazole rings is 1. The predicted octanol–water partition coefficient (Wildman–Crippen LogP) is 3.17. The second-order valence-corrected chi connectivity index (χ2v) is 6.55. The van der Waals surface area contributed by atoms with Crippen molar-refractivity contribution in [1.29, 1.82) is 0 Å². The van der Waals surface area contributed by atoms with Crippen LogP contribution in [0.15, 0.2) is 6.20 Å². The number of aromatic nitrogens is 4. The summed E-state index contributed by atoms with van der Waals surface area (Å²) in [7, 11) is 1.96. The molecule has 2 aromatic rings. The van der Waals surface area contributed by atoms with Crippen molar-refractivity contribution in [3.63, 3.8) is 0 Å². The summed E-state index contributed by atoms with van der Waals surface area (Å²) in [6.45, 7) is 2.08. The average molecular weight is 285 g/mol. The number of hydrogen-bond acceptors (Lipinski definition) is 3. The zero-order valence-electron chi connectivity index (χ0n) is 12.8. The molecule has 0 spiro atoms. The summed E-state index contributed by atoms with van der Waals surface area (Å²) in [5.41, 5.74) is 9.63. The minimum atomic E-state index is 0.582. The molecule has 2 fully saturated rings. The molecule has 0 bridgehead atoms. The third-order valence-corrected chi connectivity index (χ3v) is 5.10. The van der Waals surface area contributed by atoms with Gasteiger partial charge in [0, 0.05) is 30.3 Å². The second-order valence-electron chi connectivity index (χ2n) is 6.55. The van der Waals surface area contributed by atoms with Gasteiger partial charge in [-0.25, -0.2) is 4.98 Å². The summed E-state index contributed by atoms with van der Waals surface area (Å²) in [6, 6.07) is 0.582. The first-order valence-corrected chi connectivity index (χ1v) is 8.03. The van der Waals surface area contributed by atoms with E-state index in [1.54, 1.807) is 0 Å². The minimum absolute atomic E-state index is 0.582. The van der Waals surface area contributed by atoms with Crippen LogP contribution in [0.4, 0.5) is 5.82 Å². The number of rotatable bonds is 3. The van der Waals surface area contributed by atoms with Gasteiger partial charge in [0.2, 0.25) is 0 Å². The molecule has 4 rings (SSSR count). The highest BCUT2D eigenvalue weighted by Crippen LogP contribution is 2.45. The molecular weight excluding hydrogens is 262 g/mol. The van der Waals surface area contributed by atoms with Crippen LogP contribution in [0.3, 0.4) is 0 Å². The molecular formula is C16H23N5. The average Bonchev–Trinajstić information content (AvgIpc) is 2.91. The zero-order chi connectivity index (χ0) is 14.6. The lowest BCUT2D eigenvalue weighted by Gasteiger charge is -2.12. The van der Waals surface area contributed by atoms with Gasteiger partial charge in [0.05, 0.1) is 6.20 Å². The van der Waals surface area contributed by atoms with Gasteiger partial charge in [0.15, 0.2) is 0 Å². The van der Waals surface area contributed by atoms with E-state index in [0.29, 0.717) is 12.0 Å². The van der Waals surface area contributed by atoms with Crippen molar-refractivity contribution in [2.24, 2.45) is 7.05 Å². The number of nitrogens with zero attached hydrogens (tertiary/aromatic N) is 4. The SMILES string of the molecule is Cc1c(-c2nc(C3CCCC3)n(C3CC3)c2N)cnn1C. The minimum Gasteiger partial charge on any atom is -0.383 e. The highest BCUT2D eigenvalue weighted by molar-refractivity contribution is 5.72. The maximum absolute atomic E-state index is 6.49. The third-order valence-electron chi connectivity index (χ3n) is 5.10. The van der Waals surface area contributed by atoms with Gasteiger partial charge in [-0.2, -0.15) is 5.10 Å². The topological polar surface area (TPSA) is 61.7 Å². The molecule has 2 aromatic heterocycles. The van der Waals surface area contributed by atoms with Gasteiger partial charge in [-0.15, -0.1) is 0 Å². The summed E-state index contributed by atoms with van der Waals surface area (Å²) in [5.74, 6) is 2.67. The molecule has 0 aliphatic heterocycles. The first-order valence-electron chi connectivity index (χ1n) is 8.03. The Morgan fingerprint density at radius 1 is 1.19 bits per heavy atom. The van der Waals surface area contributed by atoms with E-state index < -0.39 is 0 Å². The molecule has 2 aliphatic carbocycles. The Labute approximate surface area is 125 Å². The van der Waals surface area contributed by atoms with Crippen molar-refractivity contribution in [2.75, 3.05) is 5.73 Å². The van der Waals surface area contributed by atoms with Crippen molar-refractivity contribution < 1.29 is 0 Å². The van der Waals surface area contributed by atoms with Gasteiger partial charge in [0.25, 0.3) is 0 Å². The first-order chi connectivity index (χ1) is 10.2. The molecule has 0 radical (unpaired) electrons. The van der Waals surface area contributed by atoms with Crippen LogP contribution in [0, 0.1) is 6.92 Å². The van der Waals surface area contributed by atoms with Crippen LogP contribution in [-0.4, -0.2) is 19.3 Å². The first kappa shape index (κ1) is 12.9. The van der Waals surface area contributed by atoms with Crippen LogP contribution in [-0.2, 0) is 7.05 Å².